The lowest BCUT2D eigenvalue weighted by molar-refractivity contribution is -0.141. The minimum absolute atomic E-state index is 0.119. The van der Waals surface area contributed by atoms with Crippen LogP contribution in [0.2, 0.25) is 0 Å². The van der Waals surface area contributed by atoms with Crippen LogP contribution in [0.5, 0.6) is 0 Å². The van der Waals surface area contributed by atoms with Crippen molar-refractivity contribution in [2.75, 3.05) is 33.3 Å². The Bertz CT molecular complexity index is 173. The van der Waals surface area contributed by atoms with E-state index in [4.69, 9.17) is 0 Å². The fourth-order valence-corrected chi connectivity index (χ4v) is 1.57. The Labute approximate surface area is 79.2 Å². The van der Waals surface area contributed by atoms with E-state index < -0.39 is 0 Å². The van der Waals surface area contributed by atoms with Gasteiger partial charge in [0.05, 0.1) is 13.5 Å². The summed E-state index contributed by atoms with van der Waals surface area (Å²) >= 11 is 0. The largest absolute Gasteiger partial charge is 0.469 e. The zero-order valence-corrected chi connectivity index (χ0v) is 8.38. The molecule has 1 saturated heterocycles. The third kappa shape index (κ3) is 3.74. The summed E-state index contributed by atoms with van der Waals surface area (Å²) in [6.07, 6.45) is 0.503. The summed E-state index contributed by atoms with van der Waals surface area (Å²) in [4.78, 5) is 13.2. The summed E-state index contributed by atoms with van der Waals surface area (Å²) in [5, 5.41) is 3.36. The highest BCUT2D eigenvalue weighted by molar-refractivity contribution is 5.69. The first-order valence-corrected chi connectivity index (χ1v) is 4.75. The topological polar surface area (TPSA) is 41.6 Å². The minimum Gasteiger partial charge on any atom is -0.469 e. The third-order valence-corrected chi connectivity index (χ3v) is 2.31. The number of carbonyl (C=O) groups excluding carboxylic acids is 1. The molecule has 1 fully saturated rings. The second-order valence-electron chi connectivity index (χ2n) is 3.48. The fourth-order valence-electron chi connectivity index (χ4n) is 1.57. The van der Waals surface area contributed by atoms with Crippen molar-refractivity contribution in [1.82, 2.24) is 10.2 Å². The van der Waals surface area contributed by atoms with E-state index in [1.807, 2.05) is 0 Å². The molecule has 1 N–H and O–H groups in total. The molecule has 0 aliphatic carbocycles. The van der Waals surface area contributed by atoms with Crippen LogP contribution in [-0.2, 0) is 9.53 Å². The van der Waals surface area contributed by atoms with E-state index in [1.54, 1.807) is 0 Å². The number of nitrogens with zero attached hydrogens (tertiary/aromatic N) is 1. The van der Waals surface area contributed by atoms with E-state index in [1.165, 1.54) is 7.11 Å². The molecule has 0 aromatic rings. The van der Waals surface area contributed by atoms with Crippen molar-refractivity contribution in [3.8, 4) is 0 Å². The van der Waals surface area contributed by atoms with Crippen LogP contribution in [0.25, 0.3) is 0 Å². The Balaban J connectivity index is 2.17. The molecule has 4 nitrogen and oxygen atoms in total. The highest BCUT2D eigenvalue weighted by Crippen LogP contribution is 1.99. The average molecular weight is 186 g/mol. The summed E-state index contributed by atoms with van der Waals surface area (Å²) in [5.41, 5.74) is 0. The lowest BCUT2D eigenvalue weighted by Gasteiger charge is -2.31. The van der Waals surface area contributed by atoms with Crippen LogP contribution in [0.3, 0.4) is 0 Å². The Morgan fingerprint density at radius 1 is 1.69 bits per heavy atom. The fraction of sp³-hybridized carbons (Fsp3) is 0.889. The van der Waals surface area contributed by atoms with Gasteiger partial charge in [0, 0.05) is 32.2 Å². The standard InChI is InChI=1S/C9H18N2O2/c1-8-7-11(6-4-10-8)5-3-9(12)13-2/h8,10H,3-7H2,1-2H3/t8-/m0/s1. The maximum atomic E-state index is 10.9. The van der Waals surface area contributed by atoms with Gasteiger partial charge in [-0.1, -0.05) is 0 Å². The molecule has 13 heavy (non-hydrogen) atoms. The van der Waals surface area contributed by atoms with E-state index in [-0.39, 0.29) is 5.97 Å². The van der Waals surface area contributed by atoms with Crippen LogP contribution in [0.1, 0.15) is 13.3 Å². The molecule has 0 unspecified atom stereocenters. The molecule has 1 rings (SSSR count). The first-order chi connectivity index (χ1) is 6.22. The van der Waals surface area contributed by atoms with Gasteiger partial charge in [0.25, 0.3) is 0 Å². The second kappa shape index (κ2) is 5.19. The van der Waals surface area contributed by atoms with Crippen LogP contribution >= 0.6 is 0 Å². The second-order valence-corrected chi connectivity index (χ2v) is 3.48. The van der Waals surface area contributed by atoms with Crippen molar-refractivity contribution in [3.63, 3.8) is 0 Å². The number of esters is 1. The summed E-state index contributed by atoms with van der Waals surface area (Å²) in [7, 11) is 1.43. The van der Waals surface area contributed by atoms with Crippen LogP contribution in [0.15, 0.2) is 0 Å². The van der Waals surface area contributed by atoms with E-state index in [9.17, 15) is 4.79 Å². The van der Waals surface area contributed by atoms with Crippen LogP contribution in [0.4, 0.5) is 0 Å². The van der Waals surface area contributed by atoms with Gasteiger partial charge >= 0.3 is 5.97 Å². The van der Waals surface area contributed by atoms with Crippen molar-refractivity contribution in [2.45, 2.75) is 19.4 Å². The van der Waals surface area contributed by atoms with Crippen molar-refractivity contribution in [2.24, 2.45) is 0 Å². The van der Waals surface area contributed by atoms with Crippen molar-refractivity contribution >= 4 is 5.97 Å². The zero-order chi connectivity index (χ0) is 9.68. The van der Waals surface area contributed by atoms with Gasteiger partial charge in [-0.3, -0.25) is 9.69 Å². The number of hydrogen-bond acceptors (Lipinski definition) is 4. The molecular weight excluding hydrogens is 168 g/mol. The maximum absolute atomic E-state index is 10.9. The van der Waals surface area contributed by atoms with Crippen LogP contribution in [0, 0.1) is 0 Å². The number of rotatable bonds is 3. The number of nitrogens with one attached hydrogen (secondary N) is 1. The van der Waals surface area contributed by atoms with Gasteiger partial charge in [-0.2, -0.15) is 0 Å². The molecule has 0 spiro atoms. The number of ether oxygens (including phenoxy) is 1. The summed E-state index contributed by atoms with van der Waals surface area (Å²) in [6.45, 7) is 6.05. The van der Waals surface area contributed by atoms with Crippen molar-refractivity contribution < 1.29 is 9.53 Å². The molecule has 0 aromatic heterocycles. The molecule has 1 aliphatic rings. The lowest BCUT2D eigenvalue weighted by atomic mass is 10.2. The summed E-state index contributed by atoms with van der Waals surface area (Å²) in [6, 6.07) is 0.534. The minimum atomic E-state index is -0.119. The smallest absolute Gasteiger partial charge is 0.306 e. The maximum Gasteiger partial charge on any atom is 0.306 e. The molecular formula is C9H18N2O2. The Hall–Kier alpha value is -0.610. The Morgan fingerprint density at radius 3 is 3.08 bits per heavy atom. The predicted octanol–water partition coefficient (Wildman–Crippen LogP) is -0.157. The van der Waals surface area contributed by atoms with Gasteiger partial charge in [-0.25, -0.2) is 0 Å². The molecule has 0 bridgehead atoms. The van der Waals surface area contributed by atoms with Crippen LogP contribution < -0.4 is 5.32 Å². The molecule has 1 aliphatic heterocycles. The number of piperazine rings is 1. The van der Waals surface area contributed by atoms with Gasteiger partial charge in [-0.15, -0.1) is 0 Å². The SMILES string of the molecule is COC(=O)CCN1CCN[C@@H](C)C1. The molecule has 0 saturated carbocycles. The molecule has 0 amide bonds. The normalized spacial score (nSPS) is 24.3. The van der Waals surface area contributed by atoms with E-state index in [0.717, 1.165) is 26.2 Å². The summed E-state index contributed by atoms with van der Waals surface area (Å²) < 4.78 is 4.59. The van der Waals surface area contributed by atoms with Crippen molar-refractivity contribution in [3.05, 3.63) is 0 Å². The highest BCUT2D eigenvalue weighted by atomic mass is 16.5. The first kappa shape index (κ1) is 10.5. The zero-order valence-electron chi connectivity index (χ0n) is 8.38. The monoisotopic (exact) mass is 186 g/mol. The van der Waals surface area contributed by atoms with Gasteiger partial charge in [-0.05, 0) is 6.92 Å². The van der Waals surface area contributed by atoms with E-state index >= 15 is 0 Å². The Morgan fingerprint density at radius 2 is 2.46 bits per heavy atom. The quantitative estimate of drug-likeness (QED) is 0.622. The molecule has 1 atom stereocenters. The van der Waals surface area contributed by atoms with Gasteiger partial charge in [0.1, 0.15) is 0 Å². The molecule has 0 radical (unpaired) electrons. The van der Waals surface area contributed by atoms with Crippen LogP contribution in [-0.4, -0.2) is 50.2 Å². The van der Waals surface area contributed by atoms with E-state index in [0.29, 0.717) is 12.5 Å². The van der Waals surface area contributed by atoms with E-state index in [2.05, 4.69) is 21.9 Å². The number of hydrogen-bond donors (Lipinski definition) is 1. The molecule has 76 valence electrons. The highest BCUT2D eigenvalue weighted by Gasteiger charge is 2.15. The van der Waals surface area contributed by atoms with Gasteiger partial charge < -0.3 is 10.1 Å². The lowest BCUT2D eigenvalue weighted by Crippen LogP contribution is -2.49. The van der Waals surface area contributed by atoms with Gasteiger partial charge in [0.15, 0.2) is 0 Å². The summed E-state index contributed by atoms with van der Waals surface area (Å²) in [5.74, 6) is -0.119. The average Bonchev–Trinajstić information content (AvgIpc) is 2.14. The molecule has 4 heteroatoms. The first-order valence-electron chi connectivity index (χ1n) is 4.75. The van der Waals surface area contributed by atoms with Gasteiger partial charge in [0.2, 0.25) is 0 Å². The van der Waals surface area contributed by atoms with Crippen molar-refractivity contribution in [1.29, 1.82) is 0 Å². The molecule has 0 aromatic carbocycles. The Kier molecular flexibility index (Phi) is 4.18. The predicted molar refractivity (Wildman–Crippen MR) is 50.5 cm³/mol. The molecule has 1 heterocycles. The third-order valence-electron chi connectivity index (χ3n) is 2.31. The number of methoxy groups -OCH3 is 1. The number of carbonyl (C=O) groups is 1.